The van der Waals surface area contributed by atoms with Crippen molar-refractivity contribution in [2.75, 3.05) is 0 Å². The fraction of sp³-hybridized carbons (Fsp3) is 0.143. The number of hydrogen-bond donors (Lipinski definition) is 0. The molecule has 3 rings (SSSR count). The zero-order valence-electron chi connectivity index (χ0n) is 11.0. The summed E-state index contributed by atoms with van der Waals surface area (Å²) in [6, 6.07) is 5.74. The minimum atomic E-state index is -0.546. The Balaban J connectivity index is 2.29. The molecule has 2 aromatic heterocycles. The summed E-state index contributed by atoms with van der Waals surface area (Å²) in [5, 5.41) is 0.00406. The molecule has 106 valence electrons. The van der Waals surface area contributed by atoms with Gasteiger partial charge < -0.3 is 0 Å². The van der Waals surface area contributed by atoms with Crippen LogP contribution in [0.3, 0.4) is 0 Å². The van der Waals surface area contributed by atoms with E-state index in [0.29, 0.717) is 11.1 Å². The van der Waals surface area contributed by atoms with Crippen molar-refractivity contribution in [1.29, 1.82) is 0 Å². The zero-order valence-corrected chi connectivity index (χ0v) is 11.8. The van der Waals surface area contributed by atoms with Crippen LogP contribution in [0.1, 0.15) is 18.5 Å². The van der Waals surface area contributed by atoms with Crippen LogP contribution >= 0.6 is 11.6 Å². The minimum Gasteiger partial charge on any atom is -0.282 e. The van der Waals surface area contributed by atoms with Gasteiger partial charge in [0.15, 0.2) is 5.65 Å². The van der Waals surface area contributed by atoms with Gasteiger partial charge in [-0.05, 0) is 24.6 Å². The highest BCUT2D eigenvalue weighted by Gasteiger charge is 2.17. The van der Waals surface area contributed by atoms with Crippen molar-refractivity contribution in [3.63, 3.8) is 0 Å². The second-order valence-electron chi connectivity index (χ2n) is 4.51. The van der Waals surface area contributed by atoms with E-state index in [9.17, 15) is 9.18 Å². The largest absolute Gasteiger partial charge is 0.282 e. The molecule has 0 amide bonds. The smallest absolute Gasteiger partial charge is 0.271 e. The fourth-order valence-corrected chi connectivity index (χ4v) is 2.36. The predicted molar refractivity (Wildman–Crippen MR) is 76.8 cm³/mol. The Morgan fingerprint density at radius 3 is 2.76 bits per heavy atom. The molecule has 5 nitrogen and oxygen atoms in total. The quantitative estimate of drug-likeness (QED) is 0.683. The van der Waals surface area contributed by atoms with Crippen LogP contribution in [0.4, 0.5) is 4.39 Å². The molecule has 0 fully saturated rings. The minimum absolute atomic E-state index is 0.00406. The highest BCUT2D eigenvalue weighted by atomic mass is 35.5. The van der Waals surface area contributed by atoms with Gasteiger partial charge >= 0.3 is 0 Å². The van der Waals surface area contributed by atoms with Crippen molar-refractivity contribution in [1.82, 2.24) is 19.5 Å². The van der Waals surface area contributed by atoms with Gasteiger partial charge in [-0.25, -0.2) is 14.4 Å². The number of rotatable bonds is 2. The highest BCUT2D eigenvalue weighted by molar-refractivity contribution is 6.28. The summed E-state index contributed by atoms with van der Waals surface area (Å²) in [7, 11) is 0. The van der Waals surface area contributed by atoms with E-state index in [4.69, 9.17) is 11.6 Å². The van der Waals surface area contributed by atoms with Crippen molar-refractivity contribution in [3.05, 3.63) is 63.7 Å². The SMILES string of the molecule is CC(c1ccccc1F)n1c(=O)cnc2cnc(Cl)nc21. The maximum absolute atomic E-state index is 13.9. The molecule has 1 atom stereocenters. The summed E-state index contributed by atoms with van der Waals surface area (Å²) in [6.07, 6.45) is 2.59. The van der Waals surface area contributed by atoms with E-state index in [1.54, 1.807) is 25.1 Å². The summed E-state index contributed by atoms with van der Waals surface area (Å²) >= 11 is 5.79. The maximum Gasteiger partial charge on any atom is 0.271 e. The van der Waals surface area contributed by atoms with Crippen molar-refractivity contribution < 1.29 is 4.39 Å². The first-order valence-corrected chi connectivity index (χ1v) is 6.60. The molecule has 0 aliphatic carbocycles. The van der Waals surface area contributed by atoms with E-state index in [2.05, 4.69) is 15.0 Å². The van der Waals surface area contributed by atoms with Crippen LogP contribution in [0.15, 0.2) is 41.5 Å². The molecule has 1 aromatic carbocycles. The molecular formula is C14H10ClFN4O. The topological polar surface area (TPSA) is 60.7 Å². The normalized spacial score (nSPS) is 12.5. The molecule has 0 aliphatic heterocycles. The number of fused-ring (bicyclic) bond motifs is 1. The monoisotopic (exact) mass is 304 g/mol. The lowest BCUT2D eigenvalue weighted by molar-refractivity contribution is 0.554. The van der Waals surface area contributed by atoms with Crippen molar-refractivity contribution in [3.8, 4) is 0 Å². The van der Waals surface area contributed by atoms with Gasteiger partial charge in [-0.1, -0.05) is 18.2 Å². The second kappa shape index (κ2) is 5.21. The molecular weight excluding hydrogens is 295 g/mol. The van der Waals surface area contributed by atoms with Gasteiger partial charge in [0.25, 0.3) is 5.56 Å². The molecule has 0 N–H and O–H groups in total. The average molecular weight is 305 g/mol. The van der Waals surface area contributed by atoms with Crippen molar-refractivity contribution in [2.24, 2.45) is 0 Å². The lowest BCUT2D eigenvalue weighted by Gasteiger charge is -2.17. The second-order valence-corrected chi connectivity index (χ2v) is 4.85. The van der Waals surface area contributed by atoms with Crippen LogP contribution in [-0.4, -0.2) is 19.5 Å². The number of aromatic nitrogens is 4. The van der Waals surface area contributed by atoms with Crippen LogP contribution in [0.5, 0.6) is 0 Å². The number of nitrogens with zero attached hydrogens (tertiary/aromatic N) is 4. The van der Waals surface area contributed by atoms with E-state index in [0.717, 1.165) is 6.20 Å². The molecule has 1 unspecified atom stereocenters. The first-order valence-electron chi connectivity index (χ1n) is 6.22. The Hall–Kier alpha value is -2.34. The molecule has 0 radical (unpaired) electrons. The first-order chi connectivity index (χ1) is 10.1. The van der Waals surface area contributed by atoms with Crippen LogP contribution < -0.4 is 5.56 Å². The van der Waals surface area contributed by atoms with Gasteiger partial charge in [0.2, 0.25) is 5.28 Å². The lowest BCUT2D eigenvalue weighted by Crippen LogP contribution is -2.25. The molecule has 2 heterocycles. The number of halogens is 2. The van der Waals surface area contributed by atoms with Gasteiger partial charge in [-0.3, -0.25) is 9.36 Å². The molecule has 0 spiro atoms. The zero-order chi connectivity index (χ0) is 15.0. The Labute approximate surface area is 124 Å². The van der Waals surface area contributed by atoms with Crippen molar-refractivity contribution >= 4 is 22.8 Å². The Kier molecular flexibility index (Phi) is 3.39. The van der Waals surface area contributed by atoms with Crippen LogP contribution in [-0.2, 0) is 0 Å². The van der Waals surface area contributed by atoms with Gasteiger partial charge in [0.1, 0.15) is 11.3 Å². The predicted octanol–water partition coefficient (Wildman–Crippen LogP) is 2.59. The molecule has 0 aliphatic rings. The van der Waals surface area contributed by atoms with E-state index >= 15 is 0 Å². The third-order valence-electron chi connectivity index (χ3n) is 3.24. The summed E-state index contributed by atoms with van der Waals surface area (Å²) in [4.78, 5) is 24.0. The lowest BCUT2D eigenvalue weighted by atomic mass is 10.1. The van der Waals surface area contributed by atoms with Gasteiger partial charge in [0, 0.05) is 5.56 Å². The van der Waals surface area contributed by atoms with E-state index in [-0.39, 0.29) is 22.3 Å². The van der Waals surface area contributed by atoms with Crippen LogP contribution in [0.25, 0.3) is 11.2 Å². The van der Waals surface area contributed by atoms with E-state index in [1.165, 1.54) is 16.8 Å². The van der Waals surface area contributed by atoms with Crippen molar-refractivity contribution in [2.45, 2.75) is 13.0 Å². The third kappa shape index (κ3) is 2.38. The highest BCUT2D eigenvalue weighted by Crippen LogP contribution is 2.22. The molecule has 0 saturated heterocycles. The standard InChI is InChI=1S/C14H10ClFN4O/c1-8(9-4-2-3-5-10(9)16)20-12(21)7-17-11-6-18-14(15)19-13(11)20/h2-8H,1H3. The molecule has 21 heavy (non-hydrogen) atoms. The molecule has 0 bridgehead atoms. The van der Waals surface area contributed by atoms with Gasteiger partial charge in [0.05, 0.1) is 18.4 Å². The Morgan fingerprint density at radius 1 is 1.24 bits per heavy atom. The summed E-state index contributed by atoms with van der Waals surface area (Å²) in [6.45, 7) is 1.72. The Bertz CT molecular complexity index is 880. The number of benzene rings is 1. The van der Waals surface area contributed by atoms with E-state index in [1.807, 2.05) is 0 Å². The van der Waals surface area contributed by atoms with Crippen LogP contribution in [0, 0.1) is 5.82 Å². The average Bonchev–Trinajstić information content (AvgIpc) is 2.47. The number of hydrogen-bond acceptors (Lipinski definition) is 4. The van der Waals surface area contributed by atoms with Crippen LogP contribution in [0.2, 0.25) is 5.28 Å². The molecule has 3 aromatic rings. The van der Waals surface area contributed by atoms with Gasteiger partial charge in [-0.15, -0.1) is 0 Å². The first kappa shape index (κ1) is 13.6. The van der Waals surface area contributed by atoms with Gasteiger partial charge in [-0.2, -0.15) is 4.98 Å². The Morgan fingerprint density at radius 2 is 2.00 bits per heavy atom. The van der Waals surface area contributed by atoms with E-state index < -0.39 is 6.04 Å². The maximum atomic E-state index is 13.9. The fourth-order valence-electron chi connectivity index (χ4n) is 2.23. The molecule has 0 saturated carbocycles. The summed E-state index contributed by atoms with van der Waals surface area (Å²) in [5.41, 5.74) is 0.704. The third-order valence-corrected chi connectivity index (χ3v) is 3.43. The summed E-state index contributed by atoms with van der Waals surface area (Å²) < 4.78 is 15.3. The summed E-state index contributed by atoms with van der Waals surface area (Å²) in [5.74, 6) is -0.387. The molecule has 7 heteroatoms.